The second-order valence-corrected chi connectivity index (χ2v) is 8.24. The van der Waals surface area contributed by atoms with Crippen molar-refractivity contribution in [1.29, 1.82) is 0 Å². The predicted molar refractivity (Wildman–Crippen MR) is 89.5 cm³/mol. The first-order chi connectivity index (χ1) is 10.9. The number of hydrogen-bond donors (Lipinski definition) is 2. The van der Waals surface area contributed by atoms with Crippen LogP contribution in [0.15, 0.2) is 0 Å². The zero-order valence-corrected chi connectivity index (χ0v) is 14.7. The Morgan fingerprint density at radius 2 is 2.04 bits per heavy atom. The number of nitrogens with zero attached hydrogens (tertiary/aromatic N) is 1. The molecular weight excluding hydrogens is 318 g/mol. The summed E-state index contributed by atoms with van der Waals surface area (Å²) in [6.45, 7) is 3.59. The summed E-state index contributed by atoms with van der Waals surface area (Å²) >= 11 is 0. The first-order valence-corrected chi connectivity index (χ1v) is 10.2. The highest BCUT2D eigenvalue weighted by molar-refractivity contribution is 7.92. The minimum Gasteiger partial charge on any atom is -0.355 e. The molecule has 134 valence electrons. The van der Waals surface area contributed by atoms with Crippen molar-refractivity contribution in [2.45, 2.75) is 39.0 Å². The van der Waals surface area contributed by atoms with Gasteiger partial charge in [-0.1, -0.05) is 19.8 Å². The van der Waals surface area contributed by atoms with E-state index in [1.807, 2.05) is 6.92 Å². The lowest BCUT2D eigenvalue weighted by Crippen LogP contribution is -2.47. The standard InChI is InChI=1S/C15H29N3O4S/c1-2-3-4-10-23(21,22)12-14(19)18-9-5-6-13(11-18)15(20)17-8-7-16/h13H,2-12,16H2,1H3,(H,17,20). The summed E-state index contributed by atoms with van der Waals surface area (Å²) in [5, 5.41) is 2.72. The number of nitrogens with two attached hydrogens (primary N) is 1. The number of hydrogen-bond acceptors (Lipinski definition) is 5. The highest BCUT2D eigenvalue weighted by Crippen LogP contribution is 2.17. The van der Waals surface area contributed by atoms with Crippen LogP contribution in [0.25, 0.3) is 0 Å². The smallest absolute Gasteiger partial charge is 0.237 e. The lowest BCUT2D eigenvalue weighted by molar-refractivity contribution is -0.133. The van der Waals surface area contributed by atoms with Crippen LogP contribution in [-0.4, -0.2) is 62.8 Å². The van der Waals surface area contributed by atoms with Crippen molar-refractivity contribution < 1.29 is 18.0 Å². The highest BCUT2D eigenvalue weighted by atomic mass is 32.2. The Bertz CT molecular complexity index is 493. The summed E-state index contributed by atoms with van der Waals surface area (Å²) in [6, 6.07) is 0. The number of nitrogens with one attached hydrogen (secondary N) is 1. The maximum Gasteiger partial charge on any atom is 0.237 e. The van der Waals surface area contributed by atoms with Gasteiger partial charge >= 0.3 is 0 Å². The van der Waals surface area contributed by atoms with E-state index in [2.05, 4.69) is 5.32 Å². The van der Waals surface area contributed by atoms with Crippen LogP contribution in [0.3, 0.4) is 0 Å². The number of carbonyl (C=O) groups is 2. The third-order valence-electron chi connectivity index (χ3n) is 3.99. The van der Waals surface area contributed by atoms with Gasteiger partial charge in [-0.2, -0.15) is 0 Å². The van der Waals surface area contributed by atoms with Crippen LogP contribution in [0, 0.1) is 5.92 Å². The summed E-state index contributed by atoms with van der Waals surface area (Å²) < 4.78 is 23.9. The molecule has 1 saturated heterocycles. The van der Waals surface area contributed by atoms with Gasteiger partial charge in [-0.05, 0) is 19.3 Å². The molecule has 1 heterocycles. The molecule has 8 heteroatoms. The van der Waals surface area contributed by atoms with Gasteiger partial charge in [0.1, 0.15) is 5.75 Å². The molecule has 1 aliphatic rings. The Kier molecular flexibility index (Phi) is 8.54. The molecule has 3 N–H and O–H groups in total. The fraction of sp³-hybridized carbons (Fsp3) is 0.867. The van der Waals surface area contributed by atoms with Gasteiger partial charge in [-0.3, -0.25) is 9.59 Å². The predicted octanol–water partition coefficient (Wildman–Crippen LogP) is -0.0951. The lowest BCUT2D eigenvalue weighted by atomic mass is 9.97. The van der Waals surface area contributed by atoms with Crippen LogP contribution in [-0.2, 0) is 19.4 Å². The fourth-order valence-corrected chi connectivity index (χ4v) is 4.03. The van der Waals surface area contributed by atoms with Crippen LogP contribution < -0.4 is 11.1 Å². The third kappa shape index (κ3) is 7.30. The Labute approximate surface area is 138 Å². The van der Waals surface area contributed by atoms with Crippen molar-refractivity contribution in [2.24, 2.45) is 11.7 Å². The summed E-state index contributed by atoms with van der Waals surface area (Å²) in [7, 11) is -3.36. The summed E-state index contributed by atoms with van der Waals surface area (Å²) in [6.07, 6.45) is 3.80. The second kappa shape index (κ2) is 9.87. The van der Waals surface area contributed by atoms with Gasteiger partial charge in [-0.25, -0.2) is 8.42 Å². The average Bonchev–Trinajstić information content (AvgIpc) is 2.52. The maximum atomic E-state index is 12.2. The van der Waals surface area contributed by atoms with E-state index in [1.165, 1.54) is 4.90 Å². The van der Waals surface area contributed by atoms with Crippen LogP contribution in [0.1, 0.15) is 39.0 Å². The van der Waals surface area contributed by atoms with Crippen molar-refractivity contribution in [1.82, 2.24) is 10.2 Å². The quantitative estimate of drug-likeness (QED) is 0.566. The second-order valence-electron chi connectivity index (χ2n) is 6.06. The Balaban J connectivity index is 2.50. The van der Waals surface area contributed by atoms with E-state index in [0.717, 1.165) is 12.8 Å². The molecule has 0 radical (unpaired) electrons. The molecule has 0 aromatic heterocycles. The number of unbranched alkanes of at least 4 members (excludes halogenated alkanes) is 2. The normalized spacial score (nSPS) is 18.7. The largest absolute Gasteiger partial charge is 0.355 e. The third-order valence-corrected chi connectivity index (χ3v) is 5.59. The molecule has 7 nitrogen and oxygen atoms in total. The van der Waals surface area contributed by atoms with Crippen molar-refractivity contribution in [3.8, 4) is 0 Å². The van der Waals surface area contributed by atoms with Crippen molar-refractivity contribution in [3.05, 3.63) is 0 Å². The van der Waals surface area contributed by atoms with Gasteiger partial charge in [0, 0.05) is 26.2 Å². The molecule has 0 saturated carbocycles. The molecule has 23 heavy (non-hydrogen) atoms. The SMILES string of the molecule is CCCCCS(=O)(=O)CC(=O)N1CCCC(C(=O)NCCN)C1. The van der Waals surface area contributed by atoms with Crippen LogP contribution >= 0.6 is 0 Å². The van der Waals surface area contributed by atoms with E-state index in [-0.39, 0.29) is 17.6 Å². The average molecular weight is 347 g/mol. The van der Waals surface area contributed by atoms with Gasteiger partial charge in [0.05, 0.1) is 11.7 Å². The van der Waals surface area contributed by atoms with Gasteiger partial charge in [0.15, 0.2) is 9.84 Å². The molecule has 1 rings (SSSR count). The lowest BCUT2D eigenvalue weighted by Gasteiger charge is -2.32. The molecule has 0 spiro atoms. The fourth-order valence-electron chi connectivity index (χ4n) is 2.68. The van der Waals surface area contributed by atoms with Gasteiger partial charge in [0.2, 0.25) is 11.8 Å². The molecule has 1 aliphatic heterocycles. The minimum absolute atomic E-state index is 0.0564. The Morgan fingerprint density at radius 3 is 2.70 bits per heavy atom. The number of amides is 2. The first kappa shape index (κ1) is 19.9. The molecule has 1 atom stereocenters. The zero-order valence-electron chi connectivity index (χ0n) is 13.9. The maximum absolute atomic E-state index is 12.2. The van der Waals surface area contributed by atoms with Crippen LogP contribution in [0.5, 0.6) is 0 Å². The number of sulfone groups is 1. The molecule has 2 amide bonds. The molecule has 1 fully saturated rings. The van der Waals surface area contributed by atoms with Crippen LogP contribution in [0.2, 0.25) is 0 Å². The highest BCUT2D eigenvalue weighted by Gasteiger charge is 2.30. The summed E-state index contributed by atoms with van der Waals surface area (Å²) in [5.74, 6) is -1.17. The number of rotatable bonds is 9. The summed E-state index contributed by atoms with van der Waals surface area (Å²) in [4.78, 5) is 25.7. The van der Waals surface area contributed by atoms with E-state index in [9.17, 15) is 18.0 Å². The monoisotopic (exact) mass is 347 g/mol. The molecule has 0 aliphatic carbocycles. The molecule has 0 aromatic carbocycles. The number of likely N-dealkylation sites (tertiary alicyclic amines) is 1. The van der Waals surface area contributed by atoms with E-state index < -0.39 is 21.5 Å². The minimum atomic E-state index is -3.36. The first-order valence-electron chi connectivity index (χ1n) is 8.35. The van der Waals surface area contributed by atoms with Gasteiger partial charge < -0.3 is 16.0 Å². The van der Waals surface area contributed by atoms with Crippen molar-refractivity contribution in [3.63, 3.8) is 0 Å². The van der Waals surface area contributed by atoms with E-state index >= 15 is 0 Å². The Hall–Kier alpha value is -1.15. The van der Waals surface area contributed by atoms with E-state index in [0.29, 0.717) is 45.4 Å². The molecule has 0 bridgehead atoms. The summed E-state index contributed by atoms with van der Waals surface area (Å²) in [5.41, 5.74) is 5.36. The molecular formula is C15H29N3O4S. The van der Waals surface area contributed by atoms with Gasteiger partial charge in [0.25, 0.3) is 0 Å². The van der Waals surface area contributed by atoms with Crippen molar-refractivity contribution >= 4 is 21.7 Å². The number of carbonyl (C=O) groups excluding carboxylic acids is 2. The number of piperidine rings is 1. The van der Waals surface area contributed by atoms with Crippen LogP contribution in [0.4, 0.5) is 0 Å². The Morgan fingerprint density at radius 1 is 1.30 bits per heavy atom. The topological polar surface area (TPSA) is 110 Å². The zero-order chi connectivity index (χ0) is 17.3. The molecule has 0 aromatic rings. The van der Waals surface area contributed by atoms with Gasteiger partial charge in [-0.15, -0.1) is 0 Å². The molecule has 1 unspecified atom stereocenters. The van der Waals surface area contributed by atoms with E-state index in [1.54, 1.807) is 0 Å². The van der Waals surface area contributed by atoms with E-state index in [4.69, 9.17) is 5.73 Å². The van der Waals surface area contributed by atoms with Crippen molar-refractivity contribution in [2.75, 3.05) is 37.7 Å².